The van der Waals surface area contributed by atoms with E-state index >= 15 is 0 Å². The molecule has 3 nitrogen and oxygen atoms in total. The van der Waals surface area contributed by atoms with Crippen molar-refractivity contribution in [2.45, 2.75) is 39.8 Å². The van der Waals surface area contributed by atoms with Gasteiger partial charge in [-0.1, -0.05) is 32.0 Å². The number of hydrogen-bond acceptors (Lipinski definition) is 4. The molecule has 0 radical (unpaired) electrons. The van der Waals surface area contributed by atoms with Gasteiger partial charge in [-0.2, -0.15) is 11.3 Å². The molecule has 0 aliphatic rings. The summed E-state index contributed by atoms with van der Waals surface area (Å²) in [6, 6.07) is 10.1. The van der Waals surface area contributed by atoms with Crippen molar-refractivity contribution in [2.24, 2.45) is 5.92 Å². The van der Waals surface area contributed by atoms with Gasteiger partial charge in [0.15, 0.2) is 0 Å². The Kier molecular flexibility index (Phi) is 7.76. The van der Waals surface area contributed by atoms with Crippen molar-refractivity contribution < 1.29 is 9.84 Å². The number of ether oxygens (including phenoxy) is 1. The number of aliphatic hydroxyl groups excluding tert-OH is 1. The quantitative estimate of drug-likeness (QED) is 0.694. The Morgan fingerprint density at radius 1 is 1.21 bits per heavy atom. The highest BCUT2D eigenvalue weighted by atomic mass is 32.1. The summed E-state index contributed by atoms with van der Waals surface area (Å²) in [5.74, 6) is 1.51. The van der Waals surface area contributed by atoms with Crippen molar-refractivity contribution in [1.29, 1.82) is 0 Å². The summed E-state index contributed by atoms with van der Waals surface area (Å²) in [7, 11) is 0. The molecule has 1 heterocycles. The average Bonchev–Trinajstić information content (AvgIpc) is 3.05. The summed E-state index contributed by atoms with van der Waals surface area (Å²) in [5.41, 5.74) is 2.41. The highest BCUT2D eigenvalue weighted by Gasteiger charge is 2.14. The van der Waals surface area contributed by atoms with Crippen LogP contribution in [0.5, 0.6) is 5.75 Å². The molecule has 0 spiro atoms. The highest BCUT2D eigenvalue weighted by Crippen LogP contribution is 2.17. The first-order valence-corrected chi connectivity index (χ1v) is 9.58. The zero-order valence-corrected chi connectivity index (χ0v) is 15.8. The molecule has 1 N–H and O–H groups in total. The van der Waals surface area contributed by atoms with Crippen LogP contribution >= 0.6 is 11.3 Å². The monoisotopic (exact) mass is 347 g/mol. The minimum atomic E-state index is -0.490. The second-order valence-corrected chi connectivity index (χ2v) is 7.56. The second kappa shape index (κ2) is 9.82. The number of benzene rings is 1. The Labute approximate surface area is 149 Å². The fourth-order valence-electron chi connectivity index (χ4n) is 2.57. The van der Waals surface area contributed by atoms with Gasteiger partial charge in [0.25, 0.3) is 0 Å². The van der Waals surface area contributed by atoms with Crippen LogP contribution in [0.15, 0.2) is 41.1 Å². The molecule has 0 aliphatic carbocycles. The average molecular weight is 348 g/mol. The van der Waals surface area contributed by atoms with Gasteiger partial charge >= 0.3 is 0 Å². The summed E-state index contributed by atoms with van der Waals surface area (Å²) in [6.45, 7) is 9.34. The first kappa shape index (κ1) is 19.0. The lowest BCUT2D eigenvalue weighted by atomic mass is 10.1. The number of aliphatic hydroxyl groups is 1. The van der Waals surface area contributed by atoms with Crippen molar-refractivity contribution in [3.63, 3.8) is 0 Å². The molecule has 2 rings (SSSR count). The van der Waals surface area contributed by atoms with Gasteiger partial charge in [-0.05, 0) is 59.8 Å². The molecule has 1 atom stereocenters. The third-order valence-electron chi connectivity index (χ3n) is 4.00. The molecule has 132 valence electrons. The number of aryl methyl sites for hydroxylation is 1. The molecule has 0 saturated carbocycles. The van der Waals surface area contributed by atoms with Crippen LogP contribution in [0.1, 0.15) is 31.4 Å². The first-order valence-electron chi connectivity index (χ1n) is 8.64. The molecular weight excluding hydrogens is 318 g/mol. The fourth-order valence-corrected chi connectivity index (χ4v) is 3.23. The first-order chi connectivity index (χ1) is 11.5. The van der Waals surface area contributed by atoms with E-state index in [9.17, 15) is 5.11 Å². The normalized spacial score (nSPS) is 12.8. The molecule has 0 amide bonds. The maximum absolute atomic E-state index is 10.4. The van der Waals surface area contributed by atoms with E-state index in [-0.39, 0.29) is 0 Å². The molecule has 0 aliphatic heterocycles. The third kappa shape index (κ3) is 6.63. The molecule has 0 unspecified atom stereocenters. The zero-order valence-electron chi connectivity index (χ0n) is 14.9. The van der Waals surface area contributed by atoms with Gasteiger partial charge in [-0.15, -0.1) is 0 Å². The van der Waals surface area contributed by atoms with E-state index in [0.29, 0.717) is 19.1 Å². The SMILES string of the molecule is Cc1ccccc1OC[C@H](O)CN(CCC(C)C)Cc1ccsc1. The molecule has 1 aromatic carbocycles. The van der Waals surface area contributed by atoms with Gasteiger partial charge in [0.05, 0.1) is 0 Å². The lowest BCUT2D eigenvalue weighted by Gasteiger charge is -2.25. The van der Waals surface area contributed by atoms with Crippen LogP contribution in [0.2, 0.25) is 0 Å². The Balaban J connectivity index is 1.85. The molecule has 24 heavy (non-hydrogen) atoms. The fraction of sp³-hybridized carbons (Fsp3) is 0.500. The van der Waals surface area contributed by atoms with Crippen LogP contribution in [0.4, 0.5) is 0 Å². The standard InChI is InChI=1S/C20H29NO2S/c1-16(2)8-10-21(12-18-9-11-24-15-18)13-19(22)14-23-20-7-5-4-6-17(20)3/h4-7,9,11,15-16,19,22H,8,10,12-14H2,1-3H3/t19-/m1/s1. The number of rotatable bonds is 10. The van der Waals surface area contributed by atoms with Gasteiger partial charge in [0, 0.05) is 13.1 Å². The van der Waals surface area contributed by atoms with Crippen molar-refractivity contribution in [1.82, 2.24) is 4.90 Å². The summed E-state index contributed by atoms with van der Waals surface area (Å²) < 4.78 is 5.79. The van der Waals surface area contributed by atoms with Crippen molar-refractivity contribution in [2.75, 3.05) is 19.7 Å². The van der Waals surface area contributed by atoms with Crippen molar-refractivity contribution >= 4 is 11.3 Å². The Morgan fingerprint density at radius 3 is 2.67 bits per heavy atom. The molecule has 0 fully saturated rings. The van der Waals surface area contributed by atoms with E-state index in [1.807, 2.05) is 31.2 Å². The number of thiophene rings is 1. The van der Waals surface area contributed by atoms with Crippen LogP contribution < -0.4 is 4.74 Å². The Hall–Kier alpha value is -1.36. The van der Waals surface area contributed by atoms with E-state index in [0.717, 1.165) is 30.8 Å². The van der Waals surface area contributed by atoms with Gasteiger partial charge in [0.2, 0.25) is 0 Å². The largest absolute Gasteiger partial charge is 0.491 e. The van der Waals surface area contributed by atoms with Gasteiger partial charge in [0.1, 0.15) is 18.5 Å². The number of nitrogens with zero attached hydrogens (tertiary/aromatic N) is 1. The van der Waals surface area contributed by atoms with E-state index in [1.54, 1.807) is 11.3 Å². The van der Waals surface area contributed by atoms with Crippen molar-refractivity contribution in [3.8, 4) is 5.75 Å². The van der Waals surface area contributed by atoms with Crippen LogP contribution in [-0.4, -0.2) is 35.8 Å². The van der Waals surface area contributed by atoms with Gasteiger partial charge < -0.3 is 9.84 Å². The second-order valence-electron chi connectivity index (χ2n) is 6.78. The summed E-state index contributed by atoms with van der Waals surface area (Å²) in [5, 5.41) is 14.7. The van der Waals surface area contributed by atoms with Crippen LogP contribution in [0, 0.1) is 12.8 Å². The predicted molar refractivity (Wildman–Crippen MR) is 102 cm³/mol. The van der Waals surface area contributed by atoms with Crippen molar-refractivity contribution in [3.05, 3.63) is 52.2 Å². The molecule has 1 aromatic heterocycles. The smallest absolute Gasteiger partial charge is 0.122 e. The molecule has 2 aromatic rings. The zero-order chi connectivity index (χ0) is 17.4. The van der Waals surface area contributed by atoms with E-state index in [2.05, 4.69) is 35.6 Å². The summed E-state index contributed by atoms with van der Waals surface area (Å²) >= 11 is 1.72. The third-order valence-corrected chi connectivity index (χ3v) is 4.73. The van der Waals surface area contributed by atoms with Crippen LogP contribution in [-0.2, 0) is 6.54 Å². The number of para-hydroxylation sites is 1. The van der Waals surface area contributed by atoms with E-state index in [1.165, 1.54) is 5.56 Å². The van der Waals surface area contributed by atoms with E-state index in [4.69, 9.17) is 4.74 Å². The minimum absolute atomic E-state index is 0.326. The molecule has 4 heteroatoms. The maximum Gasteiger partial charge on any atom is 0.122 e. The predicted octanol–water partition coefficient (Wildman–Crippen LogP) is 4.34. The number of hydrogen-bond donors (Lipinski definition) is 1. The Morgan fingerprint density at radius 2 is 2.00 bits per heavy atom. The summed E-state index contributed by atoms with van der Waals surface area (Å²) in [4.78, 5) is 2.33. The minimum Gasteiger partial charge on any atom is -0.491 e. The molecule has 0 bridgehead atoms. The molecule has 0 saturated heterocycles. The maximum atomic E-state index is 10.4. The van der Waals surface area contributed by atoms with Crippen LogP contribution in [0.3, 0.4) is 0 Å². The molecular formula is C20H29NO2S. The van der Waals surface area contributed by atoms with Gasteiger partial charge in [-0.25, -0.2) is 0 Å². The topological polar surface area (TPSA) is 32.7 Å². The Bertz CT molecular complexity index is 583. The van der Waals surface area contributed by atoms with Crippen LogP contribution in [0.25, 0.3) is 0 Å². The lowest BCUT2D eigenvalue weighted by molar-refractivity contribution is 0.0637. The van der Waals surface area contributed by atoms with Gasteiger partial charge in [-0.3, -0.25) is 4.90 Å². The highest BCUT2D eigenvalue weighted by molar-refractivity contribution is 7.07. The van der Waals surface area contributed by atoms with E-state index < -0.39 is 6.10 Å². The summed E-state index contributed by atoms with van der Waals surface area (Å²) in [6.07, 6.45) is 0.644. The lowest BCUT2D eigenvalue weighted by Crippen LogP contribution is -2.36.